The highest BCUT2D eigenvalue weighted by atomic mass is 28.4. The first-order chi connectivity index (χ1) is 6.24. The lowest BCUT2D eigenvalue weighted by atomic mass is 10.2. The third-order valence-electron chi connectivity index (χ3n) is 1.31. The van der Waals surface area contributed by atoms with Gasteiger partial charge in [-0.05, 0) is 5.92 Å². The standard InChI is InChI=1S/C8H18O5Si/c1-6(2)5-12-14(10,11)13-8(9)7(3)4/h6-7,10-11H,5H2,1-4H3. The molecule has 0 heterocycles. The summed E-state index contributed by atoms with van der Waals surface area (Å²) in [5.41, 5.74) is 0. The molecule has 0 aliphatic rings. The second-order valence-electron chi connectivity index (χ2n) is 3.83. The first-order valence-corrected chi connectivity index (χ1v) is 6.27. The molecule has 6 heteroatoms. The van der Waals surface area contributed by atoms with E-state index in [1.807, 2.05) is 13.8 Å². The Labute approximate surface area is 85.1 Å². The van der Waals surface area contributed by atoms with Crippen LogP contribution in [0.15, 0.2) is 0 Å². The van der Waals surface area contributed by atoms with Crippen LogP contribution in [0.25, 0.3) is 0 Å². The van der Waals surface area contributed by atoms with Gasteiger partial charge < -0.3 is 18.4 Å². The van der Waals surface area contributed by atoms with E-state index in [4.69, 9.17) is 4.43 Å². The number of carbonyl (C=O) groups excluding carboxylic acids is 1. The number of hydrogen-bond acceptors (Lipinski definition) is 5. The Morgan fingerprint density at radius 2 is 1.79 bits per heavy atom. The molecule has 0 unspecified atom stereocenters. The van der Waals surface area contributed by atoms with E-state index in [0.29, 0.717) is 0 Å². The Balaban J connectivity index is 4.00. The normalized spacial score (nSPS) is 12.3. The molecule has 0 atom stereocenters. The van der Waals surface area contributed by atoms with Crippen molar-refractivity contribution in [3.05, 3.63) is 0 Å². The zero-order valence-electron chi connectivity index (χ0n) is 8.98. The molecule has 2 N–H and O–H groups in total. The molecule has 0 aromatic rings. The summed E-state index contributed by atoms with van der Waals surface area (Å²) in [5.74, 6) is -0.909. The van der Waals surface area contributed by atoms with Crippen LogP contribution in [0.4, 0.5) is 0 Å². The largest absolute Gasteiger partial charge is 0.746 e. The third-order valence-corrected chi connectivity index (χ3v) is 2.32. The lowest BCUT2D eigenvalue weighted by Crippen LogP contribution is -2.46. The van der Waals surface area contributed by atoms with Gasteiger partial charge in [-0.1, -0.05) is 27.7 Å². The maximum Gasteiger partial charge on any atom is 0.746 e. The Kier molecular flexibility index (Phi) is 5.28. The third kappa shape index (κ3) is 6.09. The molecule has 0 aromatic carbocycles. The molecular weight excluding hydrogens is 204 g/mol. The minimum absolute atomic E-state index is 0.152. The number of hydrogen-bond donors (Lipinski definition) is 2. The van der Waals surface area contributed by atoms with Crippen LogP contribution in [-0.2, 0) is 13.6 Å². The monoisotopic (exact) mass is 222 g/mol. The van der Waals surface area contributed by atoms with Crippen molar-refractivity contribution in [3.63, 3.8) is 0 Å². The molecule has 0 radical (unpaired) electrons. The van der Waals surface area contributed by atoms with Gasteiger partial charge in [0.25, 0.3) is 5.97 Å². The van der Waals surface area contributed by atoms with Crippen molar-refractivity contribution < 1.29 is 23.2 Å². The van der Waals surface area contributed by atoms with Crippen LogP contribution in [0.3, 0.4) is 0 Å². The summed E-state index contributed by atoms with van der Waals surface area (Å²) in [6, 6.07) is 0. The van der Waals surface area contributed by atoms with E-state index in [0.717, 1.165) is 0 Å². The molecule has 0 aromatic heterocycles. The molecule has 0 spiro atoms. The lowest BCUT2D eigenvalue weighted by Gasteiger charge is -2.18. The van der Waals surface area contributed by atoms with E-state index in [-0.39, 0.29) is 12.5 Å². The van der Waals surface area contributed by atoms with Crippen LogP contribution in [0.2, 0.25) is 0 Å². The molecule has 0 saturated heterocycles. The Morgan fingerprint density at radius 3 is 2.14 bits per heavy atom. The Morgan fingerprint density at radius 1 is 1.29 bits per heavy atom. The molecule has 0 fully saturated rings. The summed E-state index contributed by atoms with van der Waals surface area (Å²) in [5, 5.41) is 0. The predicted molar refractivity (Wildman–Crippen MR) is 51.9 cm³/mol. The summed E-state index contributed by atoms with van der Waals surface area (Å²) in [6.45, 7) is 7.08. The first-order valence-electron chi connectivity index (χ1n) is 4.56. The van der Waals surface area contributed by atoms with Gasteiger partial charge in [0.2, 0.25) is 0 Å². The first kappa shape index (κ1) is 13.6. The van der Waals surface area contributed by atoms with Crippen molar-refractivity contribution in [2.75, 3.05) is 6.61 Å². The Bertz CT molecular complexity index is 190. The fourth-order valence-corrected chi connectivity index (χ4v) is 1.66. The van der Waals surface area contributed by atoms with E-state index in [9.17, 15) is 14.4 Å². The zero-order valence-corrected chi connectivity index (χ0v) is 9.98. The highest BCUT2D eigenvalue weighted by molar-refractivity contribution is 6.52. The van der Waals surface area contributed by atoms with E-state index in [2.05, 4.69) is 4.43 Å². The maximum absolute atomic E-state index is 11.0. The molecular formula is C8H18O5Si. The second-order valence-corrected chi connectivity index (χ2v) is 5.42. The van der Waals surface area contributed by atoms with E-state index >= 15 is 0 Å². The molecule has 0 aliphatic heterocycles. The van der Waals surface area contributed by atoms with Crippen molar-refractivity contribution in [1.82, 2.24) is 0 Å². The fraction of sp³-hybridized carbons (Fsp3) is 0.875. The van der Waals surface area contributed by atoms with Crippen LogP contribution in [0.1, 0.15) is 27.7 Å². The van der Waals surface area contributed by atoms with E-state index in [1.54, 1.807) is 13.8 Å². The van der Waals surface area contributed by atoms with Gasteiger partial charge in [-0.15, -0.1) is 0 Å². The summed E-state index contributed by atoms with van der Waals surface area (Å²) in [6.07, 6.45) is 0. The van der Waals surface area contributed by atoms with Crippen molar-refractivity contribution >= 4 is 15.0 Å². The van der Waals surface area contributed by atoms with Gasteiger partial charge in [-0.25, -0.2) is 0 Å². The van der Waals surface area contributed by atoms with Crippen molar-refractivity contribution in [2.24, 2.45) is 11.8 Å². The highest BCUT2D eigenvalue weighted by Crippen LogP contribution is 2.06. The predicted octanol–water partition coefficient (Wildman–Crippen LogP) is 0.278. The van der Waals surface area contributed by atoms with Gasteiger partial charge in [0.15, 0.2) is 0 Å². The van der Waals surface area contributed by atoms with Gasteiger partial charge in [0.1, 0.15) is 0 Å². The average Bonchev–Trinajstić information content (AvgIpc) is 2.00. The summed E-state index contributed by atoms with van der Waals surface area (Å²) in [7, 11) is -4.24. The van der Waals surface area contributed by atoms with Crippen LogP contribution in [0.5, 0.6) is 0 Å². The minimum Gasteiger partial charge on any atom is -0.452 e. The molecule has 0 bridgehead atoms. The number of rotatable bonds is 5. The lowest BCUT2D eigenvalue weighted by molar-refractivity contribution is -0.145. The van der Waals surface area contributed by atoms with E-state index < -0.39 is 20.9 Å². The fourth-order valence-electron chi connectivity index (χ4n) is 0.554. The topological polar surface area (TPSA) is 76.0 Å². The van der Waals surface area contributed by atoms with Crippen LogP contribution < -0.4 is 0 Å². The second kappa shape index (κ2) is 5.45. The van der Waals surface area contributed by atoms with Gasteiger partial charge in [-0.2, -0.15) is 0 Å². The summed E-state index contributed by atoms with van der Waals surface area (Å²) in [4.78, 5) is 29.4. The zero-order chi connectivity index (χ0) is 11.4. The van der Waals surface area contributed by atoms with Crippen LogP contribution in [0, 0.1) is 11.8 Å². The maximum atomic E-state index is 11.0. The summed E-state index contributed by atoms with van der Waals surface area (Å²) < 4.78 is 9.16. The van der Waals surface area contributed by atoms with Crippen LogP contribution in [-0.4, -0.2) is 31.2 Å². The quantitative estimate of drug-likeness (QED) is 0.653. The van der Waals surface area contributed by atoms with Crippen molar-refractivity contribution in [1.29, 1.82) is 0 Å². The molecule has 0 saturated carbocycles. The average molecular weight is 222 g/mol. The minimum atomic E-state index is -4.24. The molecule has 84 valence electrons. The molecule has 14 heavy (non-hydrogen) atoms. The smallest absolute Gasteiger partial charge is 0.452 e. The molecule has 0 rings (SSSR count). The highest BCUT2D eigenvalue weighted by Gasteiger charge is 2.41. The van der Waals surface area contributed by atoms with Gasteiger partial charge in [0, 0.05) is 6.61 Å². The molecule has 0 aliphatic carbocycles. The Hall–Kier alpha value is -0.433. The SMILES string of the molecule is CC(C)CO[Si](O)(O)OC(=O)C(C)C. The van der Waals surface area contributed by atoms with Gasteiger partial charge in [0.05, 0.1) is 5.92 Å². The van der Waals surface area contributed by atoms with E-state index in [1.165, 1.54) is 0 Å². The van der Waals surface area contributed by atoms with Crippen molar-refractivity contribution in [2.45, 2.75) is 27.7 Å². The summed E-state index contributed by atoms with van der Waals surface area (Å²) >= 11 is 0. The molecule has 5 nitrogen and oxygen atoms in total. The van der Waals surface area contributed by atoms with Crippen LogP contribution >= 0.6 is 0 Å². The van der Waals surface area contributed by atoms with Gasteiger partial charge >= 0.3 is 9.05 Å². The van der Waals surface area contributed by atoms with Crippen molar-refractivity contribution in [3.8, 4) is 0 Å². The number of carbonyl (C=O) groups is 1. The van der Waals surface area contributed by atoms with Gasteiger partial charge in [-0.3, -0.25) is 4.79 Å². The molecule has 0 amide bonds.